The van der Waals surface area contributed by atoms with E-state index in [0.29, 0.717) is 18.4 Å². The van der Waals surface area contributed by atoms with Gasteiger partial charge in [0, 0.05) is 5.56 Å². The van der Waals surface area contributed by atoms with Crippen LogP contribution in [0.25, 0.3) is 10.8 Å². The molecule has 0 spiro atoms. The van der Waals surface area contributed by atoms with Crippen molar-refractivity contribution >= 4 is 22.5 Å². The Balaban J connectivity index is 2.15. The molecule has 1 saturated carbocycles. The summed E-state index contributed by atoms with van der Waals surface area (Å²) < 4.78 is 0. The number of benzene rings is 2. The Kier molecular flexibility index (Phi) is 2.63. The zero-order valence-corrected chi connectivity index (χ0v) is 10.4. The van der Waals surface area contributed by atoms with Crippen molar-refractivity contribution in [3.63, 3.8) is 0 Å². The minimum Gasteiger partial charge on any atom is -0.480 e. The lowest BCUT2D eigenvalue weighted by atomic mass is 9.64. The van der Waals surface area contributed by atoms with Crippen molar-refractivity contribution in [1.82, 2.24) is 0 Å². The Bertz CT molecular complexity index is 663. The second kappa shape index (κ2) is 4.19. The molecule has 0 saturated heterocycles. The molecular weight excluding hydrogens is 240 g/mol. The van der Waals surface area contributed by atoms with Crippen molar-refractivity contribution in [1.29, 1.82) is 0 Å². The minimum absolute atomic E-state index is 0.247. The molecule has 3 rings (SSSR count). The molecule has 1 fully saturated rings. The van der Waals surface area contributed by atoms with E-state index >= 15 is 0 Å². The molecule has 0 unspecified atom stereocenters. The first-order valence-corrected chi connectivity index (χ1v) is 6.41. The van der Waals surface area contributed by atoms with Gasteiger partial charge in [-0.2, -0.15) is 0 Å². The van der Waals surface area contributed by atoms with Crippen LogP contribution < -0.4 is 0 Å². The highest BCUT2D eigenvalue weighted by Crippen LogP contribution is 2.44. The van der Waals surface area contributed by atoms with Gasteiger partial charge in [0.25, 0.3) is 0 Å². The molecule has 0 amide bonds. The summed E-state index contributed by atoms with van der Waals surface area (Å²) in [7, 11) is 0. The van der Waals surface area contributed by atoms with Crippen LogP contribution in [-0.4, -0.2) is 16.9 Å². The first-order valence-electron chi connectivity index (χ1n) is 6.41. The summed E-state index contributed by atoms with van der Waals surface area (Å²) in [6.07, 6.45) is 1.71. The molecule has 19 heavy (non-hydrogen) atoms. The molecule has 1 aliphatic carbocycles. The highest BCUT2D eigenvalue weighted by Gasteiger charge is 2.51. The fraction of sp³-hybridized carbons (Fsp3) is 0.250. The summed E-state index contributed by atoms with van der Waals surface area (Å²) in [5.41, 5.74) is -0.662. The van der Waals surface area contributed by atoms with Crippen LogP contribution in [0.5, 0.6) is 0 Å². The predicted molar refractivity (Wildman–Crippen MR) is 72.2 cm³/mol. The van der Waals surface area contributed by atoms with E-state index in [1.807, 2.05) is 36.4 Å². The lowest BCUT2D eigenvalue weighted by Gasteiger charge is -2.36. The Labute approximate surface area is 110 Å². The van der Waals surface area contributed by atoms with Crippen molar-refractivity contribution in [2.75, 3.05) is 0 Å². The number of aliphatic carboxylic acids is 1. The van der Waals surface area contributed by atoms with Crippen LogP contribution in [0.2, 0.25) is 0 Å². The van der Waals surface area contributed by atoms with E-state index in [-0.39, 0.29) is 5.78 Å². The third kappa shape index (κ3) is 1.65. The van der Waals surface area contributed by atoms with Crippen LogP contribution in [0, 0.1) is 5.41 Å². The topological polar surface area (TPSA) is 54.4 Å². The van der Waals surface area contributed by atoms with E-state index in [2.05, 4.69) is 0 Å². The number of hydrogen-bond acceptors (Lipinski definition) is 2. The van der Waals surface area contributed by atoms with E-state index in [0.717, 1.165) is 17.2 Å². The number of carbonyl (C=O) groups is 2. The Morgan fingerprint density at radius 2 is 1.68 bits per heavy atom. The minimum atomic E-state index is -1.19. The zero-order chi connectivity index (χ0) is 13.5. The van der Waals surface area contributed by atoms with Gasteiger partial charge in [-0.3, -0.25) is 9.59 Å². The number of carbonyl (C=O) groups excluding carboxylic acids is 1. The molecule has 2 aromatic carbocycles. The van der Waals surface area contributed by atoms with Gasteiger partial charge >= 0.3 is 5.97 Å². The second-order valence-electron chi connectivity index (χ2n) is 5.10. The molecule has 2 aromatic rings. The maximum atomic E-state index is 12.6. The van der Waals surface area contributed by atoms with E-state index < -0.39 is 11.4 Å². The van der Waals surface area contributed by atoms with Gasteiger partial charge < -0.3 is 5.11 Å². The van der Waals surface area contributed by atoms with Crippen molar-refractivity contribution in [3.8, 4) is 0 Å². The average molecular weight is 254 g/mol. The van der Waals surface area contributed by atoms with Gasteiger partial charge in [0.05, 0.1) is 0 Å². The summed E-state index contributed by atoms with van der Waals surface area (Å²) in [5.74, 6) is -1.24. The van der Waals surface area contributed by atoms with E-state index in [4.69, 9.17) is 0 Å². The first-order chi connectivity index (χ1) is 9.15. The van der Waals surface area contributed by atoms with Crippen molar-refractivity contribution in [2.24, 2.45) is 5.41 Å². The first kappa shape index (κ1) is 11.9. The predicted octanol–water partition coefficient (Wildman–Crippen LogP) is 3.28. The SMILES string of the molecule is O=C(O)C1(C(=O)c2cccc3ccccc23)CCC1. The quantitative estimate of drug-likeness (QED) is 0.675. The monoisotopic (exact) mass is 254 g/mol. The number of carboxylic acids is 1. The number of hydrogen-bond donors (Lipinski definition) is 1. The maximum absolute atomic E-state index is 12.6. The third-order valence-electron chi connectivity index (χ3n) is 4.09. The zero-order valence-electron chi connectivity index (χ0n) is 10.4. The highest BCUT2D eigenvalue weighted by atomic mass is 16.4. The van der Waals surface area contributed by atoms with Crippen LogP contribution in [0.1, 0.15) is 29.6 Å². The molecule has 3 heteroatoms. The largest absolute Gasteiger partial charge is 0.480 e. The van der Waals surface area contributed by atoms with Crippen LogP contribution >= 0.6 is 0 Å². The molecular formula is C16H14O3. The van der Waals surface area contributed by atoms with Crippen LogP contribution in [-0.2, 0) is 4.79 Å². The summed E-state index contributed by atoms with van der Waals surface area (Å²) in [4.78, 5) is 24.1. The van der Waals surface area contributed by atoms with E-state index in [9.17, 15) is 14.7 Å². The average Bonchev–Trinajstić information content (AvgIpc) is 2.36. The molecule has 96 valence electrons. The Hall–Kier alpha value is -2.16. The molecule has 0 heterocycles. The van der Waals surface area contributed by atoms with Gasteiger partial charge in [-0.25, -0.2) is 0 Å². The lowest BCUT2D eigenvalue weighted by molar-refractivity contribution is -0.150. The normalized spacial score (nSPS) is 16.8. The van der Waals surface area contributed by atoms with Crippen LogP contribution in [0.15, 0.2) is 42.5 Å². The standard InChI is InChI=1S/C16H14O3/c17-14(16(15(18)19)9-4-10-16)13-8-3-6-11-5-1-2-7-12(11)13/h1-3,5-8H,4,9-10H2,(H,18,19). The van der Waals surface area contributed by atoms with Gasteiger partial charge in [-0.05, 0) is 23.6 Å². The molecule has 1 aliphatic rings. The smallest absolute Gasteiger partial charge is 0.317 e. The Morgan fingerprint density at radius 1 is 1.00 bits per heavy atom. The molecule has 3 nitrogen and oxygen atoms in total. The van der Waals surface area contributed by atoms with Gasteiger partial charge in [0.1, 0.15) is 5.41 Å². The summed E-state index contributed by atoms with van der Waals surface area (Å²) in [5, 5.41) is 11.2. The molecule has 0 aromatic heterocycles. The number of fused-ring (bicyclic) bond motifs is 1. The fourth-order valence-electron chi connectivity index (χ4n) is 2.75. The van der Waals surface area contributed by atoms with Crippen LogP contribution in [0.3, 0.4) is 0 Å². The van der Waals surface area contributed by atoms with E-state index in [1.54, 1.807) is 6.07 Å². The highest BCUT2D eigenvalue weighted by molar-refractivity contribution is 6.18. The van der Waals surface area contributed by atoms with Gasteiger partial charge in [0.15, 0.2) is 5.78 Å². The lowest BCUT2D eigenvalue weighted by Crippen LogP contribution is -2.45. The molecule has 0 atom stereocenters. The maximum Gasteiger partial charge on any atom is 0.317 e. The van der Waals surface area contributed by atoms with Crippen molar-refractivity contribution < 1.29 is 14.7 Å². The molecule has 0 bridgehead atoms. The van der Waals surface area contributed by atoms with E-state index in [1.165, 1.54) is 0 Å². The summed E-state index contributed by atoms with van der Waals surface area (Å²) in [6.45, 7) is 0. The molecule has 1 N–H and O–H groups in total. The second-order valence-corrected chi connectivity index (χ2v) is 5.10. The molecule has 0 radical (unpaired) electrons. The molecule has 0 aliphatic heterocycles. The fourth-order valence-corrected chi connectivity index (χ4v) is 2.75. The number of rotatable bonds is 3. The van der Waals surface area contributed by atoms with Gasteiger partial charge in [-0.1, -0.05) is 48.9 Å². The summed E-state index contributed by atoms with van der Waals surface area (Å²) >= 11 is 0. The van der Waals surface area contributed by atoms with Gasteiger partial charge in [-0.15, -0.1) is 0 Å². The van der Waals surface area contributed by atoms with Gasteiger partial charge in [0.2, 0.25) is 0 Å². The number of carboxylic acid groups (broad SMARTS) is 1. The van der Waals surface area contributed by atoms with Crippen molar-refractivity contribution in [2.45, 2.75) is 19.3 Å². The number of Topliss-reactive ketones (excluding diaryl/α,β-unsaturated/α-hetero) is 1. The van der Waals surface area contributed by atoms with Crippen molar-refractivity contribution in [3.05, 3.63) is 48.0 Å². The Morgan fingerprint density at radius 3 is 2.32 bits per heavy atom. The number of ketones is 1. The van der Waals surface area contributed by atoms with Crippen LogP contribution in [0.4, 0.5) is 0 Å². The third-order valence-corrected chi connectivity index (χ3v) is 4.09. The summed E-state index contributed by atoms with van der Waals surface area (Å²) in [6, 6.07) is 13.1.